The second-order valence-electron chi connectivity index (χ2n) is 7.89. The molecule has 0 amide bonds. The number of fused-ring (bicyclic) bond motifs is 1. The van der Waals surface area contributed by atoms with Crippen LogP contribution in [0.15, 0.2) is 85.1 Å². The predicted octanol–water partition coefficient (Wildman–Crippen LogP) is 5.00. The standard InChI is InChI=1S/C27H23N3O3/c1-33-22-12-5-9-19(13-22)15-24-27(32)30-17-25(20-10-6-11-21(31)16-20)28-23(26(30)29-24)14-18-7-3-2-4-8-18/h2-13,16-17,31-32H,14-15H2,1H3. The molecule has 0 aliphatic carbocycles. The number of nitrogens with zero attached hydrogens (tertiary/aromatic N) is 3. The Morgan fingerprint density at radius 1 is 0.788 bits per heavy atom. The molecular weight excluding hydrogens is 414 g/mol. The van der Waals surface area contributed by atoms with E-state index in [0.717, 1.165) is 28.1 Å². The highest BCUT2D eigenvalue weighted by Gasteiger charge is 2.18. The highest BCUT2D eigenvalue weighted by Crippen LogP contribution is 2.29. The lowest BCUT2D eigenvalue weighted by molar-refractivity contribution is 0.414. The van der Waals surface area contributed by atoms with E-state index in [4.69, 9.17) is 14.7 Å². The molecule has 0 bridgehead atoms. The molecule has 5 aromatic rings. The summed E-state index contributed by atoms with van der Waals surface area (Å²) in [6.45, 7) is 0. The van der Waals surface area contributed by atoms with Gasteiger partial charge in [-0.05, 0) is 35.4 Å². The van der Waals surface area contributed by atoms with Crippen molar-refractivity contribution in [1.29, 1.82) is 0 Å². The van der Waals surface area contributed by atoms with Crippen LogP contribution < -0.4 is 4.74 Å². The highest BCUT2D eigenvalue weighted by atomic mass is 16.5. The van der Waals surface area contributed by atoms with Crippen LogP contribution in [0.25, 0.3) is 16.9 Å². The van der Waals surface area contributed by atoms with E-state index in [2.05, 4.69) is 0 Å². The lowest BCUT2D eigenvalue weighted by atomic mass is 10.1. The maximum atomic E-state index is 11.1. The van der Waals surface area contributed by atoms with E-state index in [1.807, 2.05) is 60.7 Å². The number of aromatic nitrogens is 3. The summed E-state index contributed by atoms with van der Waals surface area (Å²) in [4.78, 5) is 9.64. The molecule has 2 N–H and O–H groups in total. The van der Waals surface area contributed by atoms with Gasteiger partial charge in [0, 0.05) is 24.6 Å². The van der Waals surface area contributed by atoms with E-state index < -0.39 is 0 Å². The molecule has 164 valence electrons. The first-order valence-electron chi connectivity index (χ1n) is 10.7. The molecule has 0 radical (unpaired) electrons. The lowest BCUT2D eigenvalue weighted by Gasteiger charge is -2.09. The molecule has 2 aromatic heterocycles. The van der Waals surface area contributed by atoms with Crippen molar-refractivity contribution in [2.75, 3.05) is 7.11 Å². The molecule has 33 heavy (non-hydrogen) atoms. The van der Waals surface area contributed by atoms with Gasteiger partial charge in [0.05, 0.1) is 18.5 Å². The SMILES string of the molecule is COc1cccc(Cc2nc3c(Cc4ccccc4)nc(-c4cccc(O)c4)cn3c2O)c1. The molecular formula is C27H23N3O3. The van der Waals surface area contributed by atoms with Crippen molar-refractivity contribution < 1.29 is 14.9 Å². The Morgan fingerprint density at radius 2 is 1.55 bits per heavy atom. The number of imidazole rings is 1. The normalized spacial score (nSPS) is 11.1. The number of hydrogen-bond acceptors (Lipinski definition) is 5. The molecule has 0 saturated carbocycles. The van der Waals surface area contributed by atoms with Crippen LogP contribution in [0.4, 0.5) is 0 Å². The summed E-state index contributed by atoms with van der Waals surface area (Å²) in [6, 6.07) is 24.7. The van der Waals surface area contributed by atoms with Gasteiger partial charge in [-0.25, -0.2) is 9.97 Å². The van der Waals surface area contributed by atoms with Gasteiger partial charge in [-0.2, -0.15) is 0 Å². The Labute approximate surface area is 191 Å². The summed E-state index contributed by atoms with van der Waals surface area (Å²) in [7, 11) is 1.63. The van der Waals surface area contributed by atoms with Gasteiger partial charge in [0.25, 0.3) is 0 Å². The van der Waals surface area contributed by atoms with Gasteiger partial charge in [-0.15, -0.1) is 0 Å². The zero-order chi connectivity index (χ0) is 22.8. The second kappa shape index (κ2) is 8.67. The topological polar surface area (TPSA) is 79.9 Å². The largest absolute Gasteiger partial charge is 0.508 e. The molecule has 6 heteroatoms. The van der Waals surface area contributed by atoms with E-state index in [0.29, 0.717) is 29.9 Å². The average molecular weight is 437 g/mol. The molecule has 5 rings (SSSR count). The van der Waals surface area contributed by atoms with Crippen molar-refractivity contribution in [1.82, 2.24) is 14.4 Å². The smallest absolute Gasteiger partial charge is 0.219 e. The quantitative estimate of drug-likeness (QED) is 0.391. The number of hydrogen-bond donors (Lipinski definition) is 2. The zero-order valence-electron chi connectivity index (χ0n) is 18.1. The first kappa shape index (κ1) is 20.6. The van der Waals surface area contributed by atoms with Crippen molar-refractivity contribution >= 4 is 5.65 Å². The van der Waals surface area contributed by atoms with E-state index in [1.54, 1.807) is 35.9 Å². The number of ether oxygens (including phenoxy) is 1. The van der Waals surface area contributed by atoms with Crippen LogP contribution in [0.5, 0.6) is 17.4 Å². The molecule has 0 fully saturated rings. The van der Waals surface area contributed by atoms with Crippen molar-refractivity contribution in [3.05, 3.63) is 108 Å². The predicted molar refractivity (Wildman–Crippen MR) is 127 cm³/mol. The maximum Gasteiger partial charge on any atom is 0.219 e. The monoisotopic (exact) mass is 437 g/mol. The van der Waals surface area contributed by atoms with Crippen LogP contribution in [0.3, 0.4) is 0 Å². The summed E-state index contributed by atoms with van der Waals surface area (Å²) in [5.74, 6) is 0.992. The maximum absolute atomic E-state index is 11.1. The first-order chi connectivity index (χ1) is 16.1. The first-order valence-corrected chi connectivity index (χ1v) is 10.7. The van der Waals surface area contributed by atoms with Gasteiger partial charge >= 0.3 is 0 Å². The van der Waals surface area contributed by atoms with E-state index in [-0.39, 0.29) is 11.6 Å². The minimum atomic E-state index is 0.0749. The Balaban J connectivity index is 1.64. The van der Waals surface area contributed by atoms with Gasteiger partial charge in [0.1, 0.15) is 17.2 Å². The van der Waals surface area contributed by atoms with Crippen molar-refractivity contribution in [3.63, 3.8) is 0 Å². The van der Waals surface area contributed by atoms with Crippen molar-refractivity contribution in [2.24, 2.45) is 0 Å². The third-order valence-electron chi connectivity index (χ3n) is 5.58. The van der Waals surface area contributed by atoms with Crippen molar-refractivity contribution in [3.8, 4) is 28.6 Å². The second-order valence-corrected chi connectivity index (χ2v) is 7.89. The number of phenols is 1. The number of rotatable bonds is 6. The summed E-state index contributed by atoms with van der Waals surface area (Å²) in [5.41, 5.74) is 5.40. The minimum Gasteiger partial charge on any atom is -0.508 e. The number of aromatic hydroxyl groups is 2. The Hall–Kier alpha value is -4.32. The molecule has 6 nitrogen and oxygen atoms in total. The van der Waals surface area contributed by atoms with Crippen LogP contribution in [0.2, 0.25) is 0 Å². The van der Waals surface area contributed by atoms with Gasteiger partial charge in [-0.1, -0.05) is 54.6 Å². The van der Waals surface area contributed by atoms with Gasteiger partial charge < -0.3 is 14.9 Å². The average Bonchev–Trinajstić information content (AvgIpc) is 3.15. The molecule has 0 atom stereocenters. The van der Waals surface area contributed by atoms with Crippen LogP contribution in [0.1, 0.15) is 22.5 Å². The van der Waals surface area contributed by atoms with Gasteiger partial charge in [0.15, 0.2) is 5.65 Å². The fourth-order valence-corrected chi connectivity index (χ4v) is 3.95. The number of benzene rings is 3. The third kappa shape index (κ3) is 4.23. The summed E-state index contributed by atoms with van der Waals surface area (Å²) < 4.78 is 7.00. The van der Waals surface area contributed by atoms with Crippen LogP contribution in [0, 0.1) is 0 Å². The molecule has 3 aromatic carbocycles. The molecule has 0 aliphatic heterocycles. The summed E-state index contributed by atoms with van der Waals surface area (Å²) >= 11 is 0. The minimum absolute atomic E-state index is 0.0749. The number of phenolic OH excluding ortho intramolecular Hbond substituents is 1. The Bertz CT molecular complexity index is 1430. The number of methoxy groups -OCH3 is 1. The van der Waals surface area contributed by atoms with Crippen LogP contribution in [-0.2, 0) is 12.8 Å². The van der Waals surface area contributed by atoms with Crippen molar-refractivity contribution in [2.45, 2.75) is 12.8 Å². The third-order valence-corrected chi connectivity index (χ3v) is 5.58. The Morgan fingerprint density at radius 3 is 2.33 bits per heavy atom. The van der Waals surface area contributed by atoms with E-state index in [1.165, 1.54) is 0 Å². The van der Waals surface area contributed by atoms with Gasteiger partial charge in [-0.3, -0.25) is 4.40 Å². The molecule has 2 heterocycles. The van der Waals surface area contributed by atoms with E-state index >= 15 is 0 Å². The fourth-order valence-electron chi connectivity index (χ4n) is 3.95. The van der Waals surface area contributed by atoms with Gasteiger partial charge in [0.2, 0.25) is 5.88 Å². The van der Waals surface area contributed by atoms with E-state index in [9.17, 15) is 10.2 Å². The molecule has 0 saturated heterocycles. The molecule has 0 aliphatic rings. The lowest BCUT2D eigenvalue weighted by Crippen LogP contribution is -2.00. The summed E-state index contributed by atoms with van der Waals surface area (Å²) in [6.07, 6.45) is 2.78. The van der Waals surface area contributed by atoms with Crippen LogP contribution >= 0.6 is 0 Å². The fraction of sp³-hybridized carbons (Fsp3) is 0.111. The Kier molecular flexibility index (Phi) is 5.40. The zero-order valence-corrected chi connectivity index (χ0v) is 18.1. The summed E-state index contributed by atoms with van der Waals surface area (Å²) in [5, 5.41) is 21.0. The van der Waals surface area contributed by atoms with Crippen LogP contribution in [-0.4, -0.2) is 31.7 Å². The molecule has 0 unspecified atom stereocenters. The highest BCUT2D eigenvalue weighted by molar-refractivity contribution is 5.64. The molecule has 0 spiro atoms.